The maximum Gasteiger partial charge on any atom is 0.248 e. The van der Waals surface area contributed by atoms with Gasteiger partial charge in [-0.1, -0.05) is 25.5 Å². The molecule has 3 saturated heterocycles. The first-order valence-corrected chi connectivity index (χ1v) is 17.2. The number of aliphatic hydroxyl groups excluding tert-OH is 1. The molecule has 0 radical (unpaired) electrons. The Morgan fingerprint density at radius 3 is 2.14 bits per heavy atom. The molecular weight excluding hydrogens is 570 g/mol. The molecule has 43 heavy (non-hydrogen) atoms. The molecule has 0 aromatic heterocycles. The number of unbranched alkanes of at least 4 members (excludes halogenated alkanes) is 1. The number of likely N-dealkylation sites (tertiary alicyclic amines) is 1. The molecule has 0 unspecified atom stereocenters. The quantitative estimate of drug-likeness (QED) is 0.308. The minimum Gasteiger partial charge on any atom is -0.497 e. The Balaban J connectivity index is 1.20. The summed E-state index contributed by atoms with van der Waals surface area (Å²) in [4.78, 5) is 31.7. The van der Waals surface area contributed by atoms with Crippen molar-refractivity contribution in [1.29, 1.82) is 0 Å². The zero-order chi connectivity index (χ0) is 30.6. The van der Waals surface area contributed by atoms with Crippen LogP contribution in [0.3, 0.4) is 0 Å². The van der Waals surface area contributed by atoms with Crippen molar-refractivity contribution < 1.29 is 33.3 Å². The fourth-order valence-electron chi connectivity index (χ4n) is 6.53. The van der Waals surface area contributed by atoms with Gasteiger partial charge in [-0.05, 0) is 80.0 Å². The molecule has 236 valence electrons. The molecule has 0 aliphatic carbocycles. The Morgan fingerprint density at radius 1 is 0.977 bits per heavy atom. The van der Waals surface area contributed by atoms with Gasteiger partial charge < -0.3 is 24.8 Å². The number of ether oxygens (including phenoxy) is 2. The van der Waals surface area contributed by atoms with Gasteiger partial charge in [-0.2, -0.15) is 10.6 Å². The summed E-state index contributed by atoms with van der Waals surface area (Å²) in [7, 11) is -0.974. The van der Waals surface area contributed by atoms with E-state index in [4.69, 9.17) is 9.47 Å². The first kappa shape index (κ1) is 31.6. The van der Waals surface area contributed by atoms with Crippen LogP contribution in [0.5, 0.6) is 17.2 Å². The lowest BCUT2D eigenvalue weighted by Crippen LogP contribution is -2.75. The van der Waals surface area contributed by atoms with Crippen molar-refractivity contribution in [1.82, 2.24) is 15.1 Å². The standard InChI is InChI=1S/C32H45N3O7S/c1-3-4-17-35-30(37)28(29(36)24-13-20-43(39,40)21-14-24)33-31(38)32(35)15-18-34(19-16-32)22-23-5-7-26(8-6-23)42-27-11-9-25(41-2)10-12-27/h5-12,24,28-29,36,39-40H,3-4,13-22H2,1-2H3,(H,33,38)/t28-,29-/m1/s1. The number of piperazine rings is 1. The number of methoxy groups -OCH3 is 1. The zero-order valence-corrected chi connectivity index (χ0v) is 25.9. The summed E-state index contributed by atoms with van der Waals surface area (Å²) in [6.07, 6.45) is 2.52. The van der Waals surface area contributed by atoms with Gasteiger partial charge in [0, 0.05) is 37.7 Å². The molecule has 1 spiro atoms. The molecule has 4 N–H and O–H groups in total. The van der Waals surface area contributed by atoms with Crippen molar-refractivity contribution in [2.24, 2.45) is 5.92 Å². The second-order valence-corrected chi connectivity index (χ2v) is 14.5. The highest BCUT2D eigenvalue weighted by Gasteiger charge is 2.55. The van der Waals surface area contributed by atoms with Gasteiger partial charge in [0.05, 0.1) is 13.2 Å². The molecule has 0 saturated carbocycles. The van der Waals surface area contributed by atoms with Gasteiger partial charge in [0.15, 0.2) is 0 Å². The number of rotatable bonds is 10. The molecule has 3 heterocycles. The molecule has 2 aromatic carbocycles. The normalized spacial score (nSPS) is 23.9. The number of amides is 2. The number of nitrogens with one attached hydrogen (secondary N) is 1. The summed E-state index contributed by atoms with van der Waals surface area (Å²) in [5.74, 6) is 2.03. The van der Waals surface area contributed by atoms with Crippen molar-refractivity contribution in [2.75, 3.05) is 38.2 Å². The van der Waals surface area contributed by atoms with Crippen molar-refractivity contribution in [3.8, 4) is 17.2 Å². The molecule has 2 amide bonds. The number of benzene rings is 2. The van der Waals surface area contributed by atoms with E-state index in [1.54, 1.807) is 12.0 Å². The van der Waals surface area contributed by atoms with Gasteiger partial charge in [-0.3, -0.25) is 23.6 Å². The summed E-state index contributed by atoms with van der Waals surface area (Å²) in [5.41, 5.74) is 0.217. The van der Waals surface area contributed by atoms with Crippen LogP contribution in [0.25, 0.3) is 0 Å². The van der Waals surface area contributed by atoms with E-state index in [0.717, 1.165) is 42.2 Å². The molecular formula is C32H45N3O7S. The number of carbonyl (C=O) groups is 2. The van der Waals surface area contributed by atoms with E-state index in [1.807, 2.05) is 48.5 Å². The van der Waals surface area contributed by atoms with Crippen LogP contribution in [-0.4, -0.2) is 91.8 Å². The third-order valence-corrected chi connectivity index (χ3v) is 11.0. The van der Waals surface area contributed by atoms with E-state index in [1.165, 1.54) is 0 Å². The molecule has 3 fully saturated rings. The Labute approximate surface area is 255 Å². The smallest absolute Gasteiger partial charge is 0.248 e. The lowest BCUT2D eigenvalue weighted by molar-refractivity contribution is -0.165. The van der Waals surface area contributed by atoms with Crippen LogP contribution in [-0.2, 0) is 16.1 Å². The monoisotopic (exact) mass is 615 g/mol. The maximum atomic E-state index is 13.9. The highest BCUT2D eigenvalue weighted by Crippen LogP contribution is 2.47. The highest BCUT2D eigenvalue weighted by molar-refractivity contribution is 8.24. The van der Waals surface area contributed by atoms with Crippen LogP contribution >= 0.6 is 10.6 Å². The summed E-state index contributed by atoms with van der Waals surface area (Å²) in [6.45, 7) is 4.60. The summed E-state index contributed by atoms with van der Waals surface area (Å²) >= 11 is 0. The Morgan fingerprint density at radius 2 is 1.56 bits per heavy atom. The van der Waals surface area contributed by atoms with E-state index in [-0.39, 0.29) is 29.2 Å². The lowest BCUT2D eigenvalue weighted by atomic mass is 9.79. The van der Waals surface area contributed by atoms with Crippen LogP contribution in [0.2, 0.25) is 0 Å². The van der Waals surface area contributed by atoms with Crippen molar-refractivity contribution >= 4 is 22.4 Å². The van der Waals surface area contributed by atoms with Gasteiger partial charge in [0.2, 0.25) is 11.8 Å². The van der Waals surface area contributed by atoms with Gasteiger partial charge >= 0.3 is 0 Å². The number of piperidine rings is 1. The molecule has 3 aliphatic rings. The number of aliphatic hydroxyl groups is 1. The van der Waals surface area contributed by atoms with Gasteiger partial charge in [0.1, 0.15) is 28.8 Å². The first-order chi connectivity index (χ1) is 20.6. The van der Waals surface area contributed by atoms with Gasteiger partial charge in [0.25, 0.3) is 0 Å². The summed E-state index contributed by atoms with van der Waals surface area (Å²) in [6, 6.07) is 14.4. The molecule has 2 aromatic rings. The molecule has 11 heteroatoms. The molecule has 0 bridgehead atoms. The molecule has 5 rings (SSSR count). The fourth-order valence-corrected chi connectivity index (χ4v) is 8.09. The van der Waals surface area contributed by atoms with E-state index in [9.17, 15) is 23.8 Å². The predicted octanol–water partition coefficient (Wildman–Crippen LogP) is 4.47. The van der Waals surface area contributed by atoms with E-state index in [0.29, 0.717) is 45.3 Å². The zero-order valence-electron chi connectivity index (χ0n) is 25.1. The van der Waals surface area contributed by atoms with E-state index >= 15 is 0 Å². The number of hydrogen-bond donors (Lipinski definition) is 4. The maximum absolute atomic E-state index is 13.9. The van der Waals surface area contributed by atoms with Crippen molar-refractivity contribution in [3.63, 3.8) is 0 Å². The minimum atomic E-state index is -2.60. The summed E-state index contributed by atoms with van der Waals surface area (Å²) in [5, 5.41) is 14.1. The minimum absolute atomic E-state index is 0.188. The average molecular weight is 616 g/mol. The number of hydrogen-bond acceptors (Lipinski definition) is 8. The second-order valence-electron chi connectivity index (χ2n) is 12.1. The molecule has 2 atom stereocenters. The second kappa shape index (κ2) is 13.4. The highest BCUT2D eigenvalue weighted by atomic mass is 32.3. The van der Waals surface area contributed by atoms with Gasteiger partial charge in [-0.15, -0.1) is 0 Å². The van der Waals surface area contributed by atoms with Crippen LogP contribution in [0, 0.1) is 5.92 Å². The lowest BCUT2D eigenvalue weighted by Gasteiger charge is -2.53. The van der Waals surface area contributed by atoms with Crippen molar-refractivity contribution in [3.05, 3.63) is 54.1 Å². The number of nitrogens with zero attached hydrogens (tertiary/aromatic N) is 2. The molecule has 10 nitrogen and oxygen atoms in total. The van der Waals surface area contributed by atoms with Crippen LogP contribution < -0.4 is 14.8 Å². The topological polar surface area (TPSA) is 132 Å². The summed E-state index contributed by atoms with van der Waals surface area (Å²) < 4.78 is 31.1. The van der Waals surface area contributed by atoms with Crippen molar-refractivity contribution in [2.45, 2.75) is 69.7 Å². The Kier molecular flexibility index (Phi) is 9.87. The third kappa shape index (κ3) is 7.12. The average Bonchev–Trinajstić information content (AvgIpc) is 3.01. The largest absolute Gasteiger partial charge is 0.497 e. The third-order valence-electron chi connectivity index (χ3n) is 9.26. The van der Waals surface area contributed by atoms with Crippen LogP contribution in [0.1, 0.15) is 51.0 Å². The molecule has 3 aliphatic heterocycles. The van der Waals surface area contributed by atoms with Gasteiger partial charge in [-0.25, -0.2) is 0 Å². The Bertz CT molecular complexity index is 1240. The fraction of sp³-hybridized carbons (Fsp3) is 0.562. The number of carbonyl (C=O) groups excluding carboxylic acids is 2. The predicted molar refractivity (Wildman–Crippen MR) is 167 cm³/mol. The van der Waals surface area contributed by atoms with E-state index in [2.05, 4.69) is 17.1 Å². The first-order valence-electron chi connectivity index (χ1n) is 15.3. The van der Waals surface area contributed by atoms with E-state index < -0.39 is 28.3 Å². The van der Waals surface area contributed by atoms with Crippen LogP contribution in [0.15, 0.2) is 48.5 Å². The Hall–Kier alpha value is -2.83. The SMILES string of the molecule is CCCCN1C(=O)[C@@H]([C@H](O)C2CCS(O)(O)CC2)NC(=O)C12CCN(Cc1ccc(Oc3ccc(OC)cc3)cc1)CC2. The van der Waals surface area contributed by atoms with Crippen LogP contribution in [0.4, 0.5) is 0 Å².